The van der Waals surface area contributed by atoms with Crippen LogP contribution in [-0.2, 0) is 10.0 Å². The predicted octanol–water partition coefficient (Wildman–Crippen LogP) is 3.82. The third-order valence-electron chi connectivity index (χ3n) is 5.76. The maximum absolute atomic E-state index is 13.2. The topological polar surface area (TPSA) is 53.5 Å². The molecule has 0 aliphatic carbocycles. The molecule has 27 heavy (non-hydrogen) atoms. The monoisotopic (exact) mass is 385 g/mol. The second kappa shape index (κ2) is 7.24. The second-order valence-corrected chi connectivity index (χ2v) is 9.57. The summed E-state index contributed by atoms with van der Waals surface area (Å²) in [5.74, 6) is 1.01. The van der Waals surface area contributed by atoms with E-state index in [2.05, 4.69) is 22.9 Å². The van der Waals surface area contributed by atoms with Crippen molar-refractivity contribution in [3.63, 3.8) is 0 Å². The largest absolute Gasteiger partial charge is 0.357 e. The molecule has 3 heterocycles. The first-order valence-electron chi connectivity index (χ1n) is 9.77. The van der Waals surface area contributed by atoms with Crippen LogP contribution >= 0.6 is 0 Å². The maximum atomic E-state index is 13.2. The van der Waals surface area contributed by atoms with Gasteiger partial charge in [0.2, 0.25) is 10.0 Å². The van der Waals surface area contributed by atoms with Gasteiger partial charge in [0.05, 0.1) is 10.9 Å². The first-order valence-corrected chi connectivity index (χ1v) is 11.2. The number of anilines is 1. The minimum atomic E-state index is -3.50. The van der Waals surface area contributed by atoms with Gasteiger partial charge in [-0.05, 0) is 68.9 Å². The van der Waals surface area contributed by atoms with E-state index in [0.29, 0.717) is 11.4 Å². The van der Waals surface area contributed by atoms with Crippen molar-refractivity contribution < 1.29 is 8.42 Å². The van der Waals surface area contributed by atoms with Gasteiger partial charge in [0.15, 0.2) is 0 Å². The Labute approximate surface area is 162 Å². The Hall–Kier alpha value is -1.92. The highest BCUT2D eigenvalue weighted by Crippen LogP contribution is 2.38. The van der Waals surface area contributed by atoms with Crippen molar-refractivity contribution in [2.75, 3.05) is 24.5 Å². The molecule has 2 saturated heterocycles. The fraction of sp³-hybridized carbons (Fsp3) is 0.476. The first kappa shape index (κ1) is 18.4. The average molecular weight is 386 g/mol. The molecular weight excluding hydrogens is 358 g/mol. The van der Waals surface area contributed by atoms with Gasteiger partial charge < -0.3 is 4.90 Å². The molecule has 2 aliphatic rings. The molecule has 0 saturated carbocycles. The van der Waals surface area contributed by atoms with Gasteiger partial charge in [-0.25, -0.2) is 13.4 Å². The lowest BCUT2D eigenvalue weighted by Gasteiger charge is -2.26. The van der Waals surface area contributed by atoms with Crippen molar-refractivity contribution in [3.8, 4) is 0 Å². The zero-order chi connectivity index (χ0) is 19.0. The van der Waals surface area contributed by atoms with Gasteiger partial charge in [0, 0.05) is 25.8 Å². The molecule has 0 unspecified atom stereocenters. The molecule has 1 aromatic carbocycles. The van der Waals surface area contributed by atoms with Crippen molar-refractivity contribution in [2.45, 2.75) is 50.5 Å². The number of sulfonamides is 1. The Kier molecular flexibility index (Phi) is 4.95. The van der Waals surface area contributed by atoms with E-state index in [1.807, 2.05) is 25.3 Å². The van der Waals surface area contributed by atoms with Crippen LogP contribution < -0.4 is 4.90 Å². The van der Waals surface area contributed by atoms with Gasteiger partial charge in [-0.15, -0.1) is 0 Å². The summed E-state index contributed by atoms with van der Waals surface area (Å²) in [5.41, 5.74) is 3.22. The van der Waals surface area contributed by atoms with Crippen LogP contribution in [0.15, 0.2) is 41.4 Å². The number of rotatable bonds is 4. The van der Waals surface area contributed by atoms with Crippen molar-refractivity contribution in [3.05, 3.63) is 53.2 Å². The van der Waals surface area contributed by atoms with Crippen LogP contribution in [0.3, 0.4) is 0 Å². The molecular formula is C21H27N3O2S. The zero-order valence-corrected chi connectivity index (χ0v) is 16.9. The normalized spacial score (nSPS) is 21.1. The Morgan fingerprint density at radius 1 is 1.00 bits per heavy atom. The Bertz CT molecular complexity index is 919. The third-order valence-corrected chi connectivity index (χ3v) is 7.68. The Morgan fingerprint density at radius 2 is 1.70 bits per heavy atom. The molecule has 2 fully saturated rings. The first-order chi connectivity index (χ1) is 13.0. The van der Waals surface area contributed by atoms with Gasteiger partial charge >= 0.3 is 0 Å². The van der Waals surface area contributed by atoms with Crippen molar-refractivity contribution in [1.29, 1.82) is 0 Å². The maximum Gasteiger partial charge on any atom is 0.243 e. The highest BCUT2D eigenvalue weighted by molar-refractivity contribution is 7.89. The number of aromatic nitrogens is 1. The summed E-state index contributed by atoms with van der Waals surface area (Å²) in [5, 5.41) is 0. The van der Waals surface area contributed by atoms with Gasteiger partial charge in [0.1, 0.15) is 5.82 Å². The van der Waals surface area contributed by atoms with Crippen LogP contribution in [0, 0.1) is 13.8 Å². The summed E-state index contributed by atoms with van der Waals surface area (Å²) >= 11 is 0. The number of benzene rings is 1. The molecule has 0 bridgehead atoms. The van der Waals surface area contributed by atoms with Crippen molar-refractivity contribution in [2.24, 2.45) is 0 Å². The van der Waals surface area contributed by atoms with E-state index in [4.69, 9.17) is 0 Å². The molecule has 144 valence electrons. The lowest BCUT2D eigenvalue weighted by atomic mass is 10.0. The second-order valence-electron chi connectivity index (χ2n) is 7.68. The van der Waals surface area contributed by atoms with Gasteiger partial charge in [-0.2, -0.15) is 4.31 Å². The lowest BCUT2D eigenvalue weighted by Crippen LogP contribution is -2.31. The minimum absolute atomic E-state index is 0.128. The Morgan fingerprint density at radius 3 is 2.37 bits per heavy atom. The van der Waals surface area contributed by atoms with E-state index in [-0.39, 0.29) is 6.04 Å². The van der Waals surface area contributed by atoms with Gasteiger partial charge in [0.25, 0.3) is 0 Å². The van der Waals surface area contributed by atoms with Crippen LogP contribution in [-0.4, -0.2) is 37.3 Å². The average Bonchev–Trinajstić information content (AvgIpc) is 3.34. The SMILES string of the molecule is Cc1ccc(S(=O)(=O)N2CCC[C@H]2c2cnc(N3CCCC3)cc2C)cc1. The number of aryl methyl sites for hydroxylation is 2. The van der Waals surface area contributed by atoms with Crippen molar-refractivity contribution in [1.82, 2.24) is 9.29 Å². The smallest absolute Gasteiger partial charge is 0.243 e. The van der Waals surface area contributed by atoms with Crippen molar-refractivity contribution >= 4 is 15.8 Å². The summed E-state index contributed by atoms with van der Waals surface area (Å²) in [6, 6.07) is 9.13. The van der Waals surface area contributed by atoms with E-state index >= 15 is 0 Å². The summed E-state index contributed by atoms with van der Waals surface area (Å²) in [4.78, 5) is 7.36. The zero-order valence-electron chi connectivity index (χ0n) is 16.1. The van der Waals surface area contributed by atoms with E-state index in [9.17, 15) is 8.42 Å². The third kappa shape index (κ3) is 3.48. The van der Waals surface area contributed by atoms with E-state index in [1.54, 1.807) is 16.4 Å². The number of hydrogen-bond donors (Lipinski definition) is 0. The summed E-state index contributed by atoms with van der Waals surface area (Å²) < 4.78 is 28.1. The molecule has 4 rings (SSSR count). The molecule has 1 aromatic heterocycles. The standard InChI is InChI=1S/C21H27N3O2S/c1-16-7-9-18(10-8-16)27(25,26)24-13-5-6-20(24)19-15-22-21(14-17(19)2)23-11-3-4-12-23/h7-10,14-15,20H,3-6,11-13H2,1-2H3/t20-/m0/s1. The van der Waals surface area contributed by atoms with E-state index in [1.165, 1.54) is 12.8 Å². The molecule has 0 radical (unpaired) electrons. The molecule has 2 aliphatic heterocycles. The molecule has 0 N–H and O–H groups in total. The number of pyridine rings is 1. The highest BCUT2D eigenvalue weighted by atomic mass is 32.2. The van der Waals surface area contributed by atoms with Crippen LogP contribution in [0.2, 0.25) is 0 Å². The number of hydrogen-bond acceptors (Lipinski definition) is 4. The molecule has 6 heteroatoms. The van der Waals surface area contributed by atoms with E-state index in [0.717, 1.165) is 48.4 Å². The Balaban J connectivity index is 1.64. The number of nitrogens with zero attached hydrogens (tertiary/aromatic N) is 3. The van der Waals surface area contributed by atoms with Crippen LogP contribution in [0.1, 0.15) is 48.4 Å². The highest BCUT2D eigenvalue weighted by Gasteiger charge is 2.37. The molecule has 2 aromatic rings. The lowest BCUT2D eigenvalue weighted by molar-refractivity contribution is 0.395. The van der Waals surface area contributed by atoms with E-state index < -0.39 is 10.0 Å². The predicted molar refractivity (Wildman–Crippen MR) is 107 cm³/mol. The summed E-state index contributed by atoms with van der Waals surface area (Å²) in [7, 11) is -3.50. The fourth-order valence-electron chi connectivity index (χ4n) is 4.20. The molecule has 0 spiro atoms. The molecule has 5 nitrogen and oxygen atoms in total. The molecule has 1 atom stereocenters. The summed E-state index contributed by atoms with van der Waals surface area (Å²) in [6.45, 7) is 6.72. The van der Waals surface area contributed by atoms with Gasteiger partial charge in [-0.1, -0.05) is 17.7 Å². The van der Waals surface area contributed by atoms with Crippen LogP contribution in [0.5, 0.6) is 0 Å². The van der Waals surface area contributed by atoms with Crippen LogP contribution in [0.25, 0.3) is 0 Å². The fourth-order valence-corrected chi connectivity index (χ4v) is 5.88. The van der Waals surface area contributed by atoms with Crippen LogP contribution in [0.4, 0.5) is 5.82 Å². The van der Waals surface area contributed by atoms with Gasteiger partial charge in [-0.3, -0.25) is 0 Å². The summed E-state index contributed by atoms with van der Waals surface area (Å²) in [6.07, 6.45) is 6.05. The quantitative estimate of drug-likeness (QED) is 0.803. The molecule has 0 amide bonds. The minimum Gasteiger partial charge on any atom is -0.357 e.